The second-order valence-corrected chi connectivity index (χ2v) is 4.66. The molecule has 0 amide bonds. The average Bonchev–Trinajstić information content (AvgIpc) is 2.44. The molecule has 0 aliphatic carbocycles. The zero-order valence-electron chi connectivity index (χ0n) is 11.9. The minimum Gasteiger partial charge on any atom is -0.482 e. The summed E-state index contributed by atoms with van der Waals surface area (Å²) >= 11 is 0. The summed E-state index contributed by atoms with van der Waals surface area (Å²) in [6.45, 7) is 5.35. The Morgan fingerprint density at radius 1 is 1.32 bits per heavy atom. The van der Waals surface area contributed by atoms with Gasteiger partial charge < -0.3 is 14.8 Å². The summed E-state index contributed by atoms with van der Waals surface area (Å²) in [6, 6.07) is 7.59. The average molecular weight is 265 g/mol. The fourth-order valence-electron chi connectivity index (χ4n) is 1.76. The molecule has 1 rings (SSSR count). The molecule has 1 aromatic rings. The van der Waals surface area contributed by atoms with Crippen molar-refractivity contribution in [1.82, 2.24) is 0 Å². The summed E-state index contributed by atoms with van der Waals surface area (Å²) in [6.07, 6.45) is 2.44. The molecule has 0 aliphatic rings. The first kappa shape index (κ1) is 15.3. The van der Waals surface area contributed by atoms with E-state index >= 15 is 0 Å². The summed E-state index contributed by atoms with van der Waals surface area (Å²) in [4.78, 5) is 10.9. The van der Waals surface area contributed by atoms with Crippen LogP contribution in [0.1, 0.15) is 26.7 Å². The highest BCUT2D eigenvalue weighted by Crippen LogP contribution is 2.16. The van der Waals surface area contributed by atoms with Gasteiger partial charge in [0, 0.05) is 12.2 Å². The lowest BCUT2D eigenvalue weighted by Crippen LogP contribution is -2.13. The summed E-state index contributed by atoms with van der Waals surface area (Å²) in [5.74, 6) is 0.952. The Bertz CT molecular complexity index is 375. The summed E-state index contributed by atoms with van der Waals surface area (Å²) in [5.41, 5.74) is 1.06. The van der Waals surface area contributed by atoms with E-state index in [0.29, 0.717) is 11.7 Å². The molecule has 0 bridgehead atoms. The van der Waals surface area contributed by atoms with Gasteiger partial charge >= 0.3 is 5.97 Å². The number of anilines is 1. The Hall–Kier alpha value is -1.71. The normalized spacial score (nSPS) is 11.7. The second-order valence-electron chi connectivity index (χ2n) is 4.66. The standard InChI is InChI=1S/C15H23NO3/c1-4-5-12(2)10-16-13-6-8-14(9-7-13)19-11-15(17)18-3/h6-9,12,16H,4-5,10-11H2,1-3H3. The number of carbonyl (C=O) groups is 1. The van der Waals surface area contributed by atoms with Gasteiger partial charge in [-0.25, -0.2) is 4.79 Å². The highest BCUT2D eigenvalue weighted by atomic mass is 16.6. The van der Waals surface area contributed by atoms with Gasteiger partial charge in [-0.2, -0.15) is 0 Å². The predicted octanol–water partition coefficient (Wildman–Crippen LogP) is 3.09. The molecule has 0 spiro atoms. The van der Waals surface area contributed by atoms with Crippen LogP contribution in [0.25, 0.3) is 0 Å². The Balaban J connectivity index is 2.36. The Kier molecular flexibility index (Phi) is 6.79. The van der Waals surface area contributed by atoms with Gasteiger partial charge in [-0.15, -0.1) is 0 Å². The number of hydrogen-bond acceptors (Lipinski definition) is 4. The van der Waals surface area contributed by atoms with Crippen LogP contribution in [0.3, 0.4) is 0 Å². The van der Waals surface area contributed by atoms with Gasteiger partial charge in [0.15, 0.2) is 6.61 Å². The first-order valence-electron chi connectivity index (χ1n) is 6.69. The van der Waals surface area contributed by atoms with E-state index in [1.807, 2.05) is 24.3 Å². The van der Waals surface area contributed by atoms with Crippen LogP contribution in [0.5, 0.6) is 5.75 Å². The monoisotopic (exact) mass is 265 g/mol. The highest BCUT2D eigenvalue weighted by molar-refractivity contribution is 5.70. The lowest BCUT2D eigenvalue weighted by Gasteiger charge is -2.13. The zero-order valence-corrected chi connectivity index (χ0v) is 11.9. The van der Waals surface area contributed by atoms with Crippen molar-refractivity contribution in [3.63, 3.8) is 0 Å². The fourth-order valence-corrected chi connectivity index (χ4v) is 1.76. The third-order valence-electron chi connectivity index (χ3n) is 2.87. The van der Waals surface area contributed by atoms with Crippen LogP contribution in [-0.2, 0) is 9.53 Å². The van der Waals surface area contributed by atoms with Gasteiger partial charge in [-0.1, -0.05) is 20.3 Å². The summed E-state index contributed by atoms with van der Waals surface area (Å²) in [5, 5.41) is 3.39. The van der Waals surface area contributed by atoms with E-state index in [2.05, 4.69) is 23.9 Å². The molecule has 4 heteroatoms. The van der Waals surface area contributed by atoms with Crippen LogP contribution in [0.2, 0.25) is 0 Å². The van der Waals surface area contributed by atoms with Crippen LogP contribution in [0.4, 0.5) is 5.69 Å². The maximum atomic E-state index is 10.9. The van der Waals surface area contributed by atoms with E-state index in [1.165, 1.54) is 20.0 Å². The molecule has 0 saturated heterocycles. The zero-order chi connectivity index (χ0) is 14.1. The van der Waals surface area contributed by atoms with Crippen molar-refractivity contribution < 1.29 is 14.3 Å². The Morgan fingerprint density at radius 3 is 2.58 bits per heavy atom. The number of methoxy groups -OCH3 is 1. The van der Waals surface area contributed by atoms with Crippen LogP contribution in [0, 0.1) is 5.92 Å². The first-order valence-corrected chi connectivity index (χ1v) is 6.69. The summed E-state index contributed by atoms with van der Waals surface area (Å²) < 4.78 is 9.78. The molecule has 0 radical (unpaired) electrons. The molecule has 1 aromatic carbocycles. The van der Waals surface area contributed by atoms with Gasteiger partial charge in [0.25, 0.3) is 0 Å². The third-order valence-corrected chi connectivity index (χ3v) is 2.87. The molecule has 0 aromatic heterocycles. The maximum absolute atomic E-state index is 10.9. The van der Waals surface area contributed by atoms with E-state index in [0.717, 1.165) is 12.2 Å². The number of esters is 1. The molecule has 4 nitrogen and oxygen atoms in total. The second kappa shape index (κ2) is 8.40. The Morgan fingerprint density at radius 2 is 2.00 bits per heavy atom. The van der Waals surface area contributed by atoms with E-state index in [-0.39, 0.29) is 12.6 Å². The van der Waals surface area contributed by atoms with E-state index in [9.17, 15) is 4.79 Å². The van der Waals surface area contributed by atoms with Gasteiger partial charge in [0.2, 0.25) is 0 Å². The number of benzene rings is 1. The molecule has 19 heavy (non-hydrogen) atoms. The van der Waals surface area contributed by atoms with Gasteiger partial charge in [0.05, 0.1) is 7.11 Å². The quantitative estimate of drug-likeness (QED) is 0.734. The van der Waals surface area contributed by atoms with Crippen LogP contribution in [-0.4, -0.2) is 26.2 Å². The van der Waals surface area contributed by atoms with Crippen molar-refractivity contribution in [1.29, 1.82) is 0 Å². The molecule has 0 aliphatic heterocycles. The van der Waals surface area contributed by atoms with Crippen molar-refractivity contribution >= 4 is 11.7 Å². The molecule has 1 atom stereocenters. The first-order chi connectivity index (χ1) is 9.15. The Labute approximate surface area is 115 Å². The van der Waals surface area contributed by atoms with Gasteiger partial charge in [0.1, 0.15) is 5.75 Å². The summed E-state index contributed by atoms with van der Waals surface area (Å²) in [7, 11) is 1.34. The topological polar surface area (TPSA) is 47.6 Å². The van der Waals surface area contributed by atoms with Crippen molar-refractivity contribution in [3.8, 4) is 5.75 Å². The lowest BCUT2D eigenvalue weighted by atomic mass is 10.1. The number of hydrogen-bond donors (Lipinski definition) is 1. The minimum absolute atomic E-state index is 0.0587. The number of carbonyl (C=O) groups excluding carboxylic acids is 1. The molecule has 0 fully saturated rings. The largest absolute Gasteiger partial charge is 0.482 e. The SMILES string of the molecule is CCCC(C)CNc1ccc(OCC(=O)OC)cc1. The van der Waals surface area contributed by atoms with Crippen molar-refractivity contribution in [3.05, 3.63) is 24.3 Å². The van der Waals surface area contributed by atoms with Crippen molar-refractivity contribution in [2.24, 2.45) is 5.92 Å². The van der Waals surface area contributed by atoms with Crippen LogP contribution < -0.4 is 10.1 Å². The van der Waals surface area contributed by atoms with Gasteiger partial charge in [-0.05, 0) is 36.6 Å². The third kappa shape index (κ3) is 6.13. The molecular formula is C15H23NO3. The number of nitrogens with one attached hydrogen (secondary N) is 1. The molecule has 0 heterocycles. The van der Waals surface area contributed by atoms with Crippen molar-refractivity contribution in [2.75, 3.05) is 25.6 Å². The smallest absolute Gasteiger partial charge is 0.343 e. The maximum Gasteiger partial charge on any atom is 0.343 e. The van der Waals surface area contributed by atoms with E-state index in [4.69, 9.17) is 4.74 Å². The number of rotatable bonds is 8. The molecule has 0 saturated carbocycles. The predicted molar refractivity (Wildman–Crippen MR) is 76.5 cm³/mol. The fraction of sp³-hybridized carbons (Fsp3) is 0.533. The lowest BCUT2D eigenvalue weighted by molar-refractivity contribution is -0.142. The molecule has 106 valence electrons. The van der Waals surface area contributed by atoms with Gasteiger partial charge in [-0.3, -0.25) is 0 Å². The van der Waals surface area contributed by atoms with E-state index < -0.39 is 0 Å². The minimum atomic E-state index is -0.379. The number of ether oxygens (including phenoxy) is 2. The highest BCUT2D eigenvalue weighted by Gasteiger charge is 2.03. The van der Waals surface area contributed by atoms with Crippen LogP contribution >= 0.6 is 0 Å². The molecule has 1 unspecified atom stereocenters. The van der Waals surface area contributed by atoms with E-state index in [1.54, 1.807) is 0 Å². The van der Waals surface area contributed by atoms with Crippen molar-refractivity contribution in [2.45, 2.75) is 26.7 Å². The molecular weight excluding hydrogens is 242 g/mol. The van der Waals surface area contributed by atoms with Crippen LogP contribution in [0.15, 0.2) is 24.3 Å². The molecule has 1 N–H and O–H groups in total.